The summed E-state index contributed by atoms with van der Waals surface area (Å²) in [6, 6.07) is 8.36. The molecule has 1 saturated carbocycles. The highest BCUT2D eigenvalue weighted by molar-refractivity contribution is 9.09. The van der Waals surface area contributed by atoms with E-state index in [2.05, 4.69) is 34.1 Å². The van der Waals surface area contributed by atoms with E-state index < -0.39 is 0 Å². The lowest BCUT2D eigenvalue weighted by Gasteiger charge is -2.26. The minimum atomic E-state index is 0.596. The van der Waals surface area contributed by atoms with Gasteiger partial charge in [0.1, 0.15) is 5.75 Å². The SMILES string of the molecule is COc1ccccc1CC(Br)C1CCCCC1. The molecule has 2 heteroatoms. The molecule has 1 fully saturated rings. The number of benzene rings is 1. The lowest BCUT2D eigenvalue weighted by atomic mass is 9.85. The van der Waals surface area contributed by atoms with E-state index >= 15 is 0 Å². The Morgan fingerprint density at radius 3 is 2.65 bits per heavy atom. The molecule has 1 aromatic rings. The molecule has 17 heavy (non-hydrogen) atoms. The van der Waals surface area contributed by atoms with Crippen LogP contribution in [-0.4, -0.2) is 11.9 Å². The van der Waals surface area contributed by atoms with Crippen LogP contribution in [0.2, 0.25) is 0 Å². The Morgan fingerprint density at radius 1 is 1.24 bits per heavy atom. The Balaban J connectivity index is 1.99. The van der Waals surface area contributed by atoms with E-state index in [0.717, 1.165) is 18.1 Å². The summed E-state index contributed by atoms with van der Waals surface area (Å²) in [4.78, 5) is 0.596. The summed E-state index contributed by atoms with van der Waals surface area (Å²) >= 11 is 3.88. The molecule has 1 nitrogen and oxygen atoms in total. The Morgan fingerprint density at radius 2 is 1.94 bits per heavy atom. The molecular weight excluding hydrogens is 276 g/mol. The van der Waals surface area contributed by atoms with E-state index in [9.17, 15) is 0 Å². The molecule has 1 unspecified atom stereocenters. The first kappa shape index (κ1) is 12.9. The van der Waals surface area contributed by atoms with E-state index in [1.807, 2.05) is 6.07 Å². The van der Waals surface area contributed by atoms with Crippen LogP contribution in [0.1, 0.15) is 37.7 Å². The maximum Gasteiger partial charge on any atom is 0.122 e. The average molecular weight is 297 g/mol. The van der Waals surface area contributed by atoms with E-state index in [1.165, 1.54) is 37.7 Å². The number of hydrogen-bond acceptors (Lipinski definition) is 1. The highest BCUT2D eigenvalue weighted by atomic mass is 79.9. The lowest BCUT2D eigenvalue weighted by molar-refractivity contribution is 0.347. The Kier molecular flexibility index (Phi) is 4.90. The fourth-order valence-electron chi connectivity index (χ4n) is 2.74. The molecule has 1 atom stereocenters. The number of ether oxygens (including phenoxy) is 1. The first-order chi connectivity index (χ1) is 8.31. The lowest BCUT2D eigenvalue weighted by Crippen LogP contribution is -2.20. The summed E-state index contributed by atoms with van der Waals surface area (Å²) in [6.07, 6.45) is 8.06. The highest BCUT2D eigenvalue weighted by Gasteiger charge is 2.22. The average Bonchev–Trinajstić information content (AvgIpc) is 2.40. The van der Waals surface area contributed by atoms with Crippen molar-refractivity contribution in [2.75, 3.05) is 7.11 Å². The van der Waals surface area contributed by atoms with Crippen LogP contribution in [0.4, 0.5) is 0 Å². The number of alkyl halides is 1. The van der Waals surface area contributed by atoms with E-state index in [-0.39, 0.29) is 0 Å². The van der Waals surface area contributed by atoms with Crippen LogP contribution in [0.25, 0.3) is 0 Å². The van der Waals surface area contributed by atoms with Gasteiger partial charge in [0.25, 0.3) is 0 Å². The molecule has 0 spiro atoms. The summed E-state index contributed by atoms with van der Waals surface area (Å²) < 4.78 is 5.41. The second-order valence-corrected chi connectivity index (χ2v) is 6.11. The van der Waals surface area contributed by atoms with Crippen LogP contribution in [0.5, 0.6) is 5.75 Å². The monoisotopic (exact) mass is 296 g/mol. The third-order valence-corrected chi connectivity index (χ3v) is 4.84. The van der Waals surface area contributed by atoms with Crippen molar-refractivity contribution >= 4 is 15.9 Å². The molecule has 0 aliphatic heterocycles. The molecule has 0 saturated heterocycles. The van der Waals surface area contributed by atoms with Crippen molar-refractivity contribution < 1.29 is 4.74 Å². The first-order valence-corrected chi connectivity index (χ1v) is 7.49. The molecule has 0 radical (unpaired) electrons. The molecule has 0 N–H and O–H groups in total. The van der Waals surface area contributed by atoms with E-state index in [0.29, 0.717) is 4.83 Å². The molecule has 1 aromatic carbocycles. The minimum Gasteiger partial charge on any atom is -0.496 e. The van der Waals surface area contributed by atoms with Crippen molar-refractivity contribution in [1.29, 1.82) is 0 Å². The number of rotatable bonds is 4. The van der Waals surface area contributed by atoms with Gasteiger partial charge in [0.2, 0.25) is 0 Å². The van der Waals surface area contributed by atoms with Crippen LogP contribution in [0.3, 0.4) is 0 Å². The van der Waals surface area contributed by atoms with E-state index in [1.54, 1.807) is 7.11 Å². The Labute approximate surface area is 113 Å². The van der Waals surface area contributed by atoms with Gasteiger partial charge in [-0.05, 0) is 36.8 Å². The predicted octanol–water partition coefficient (Wildman–Crippen LogP) is 4.58. The first-order valence-electron chi connectivity index (χ1n) is 6.57. The second kappa shape index (κ2) is 6.44. The molecule has 1 aliphatic carbocycles. The third kappa shape index (κ3) is 3.48. The fourth-order valence-corrected chi connectivity index (χ4v) is 3.62. The summed E-state index contributed by atoms with van der Waals surface area (Å²) in [5.41, 5.74) is 1.32. The zero-order valence-electron chi connectivity index (χ0n) is 10.5. The highest BCUT2D eigenvalue weighted by Crippen LogP contribution is 2.33. The Bertz CT molecular complexity index is 345. The van der Waals surface area contributed by atoms with Crippen LogP contribution in [0, 0.1) is 5.92 Å². The van der Waals surface area contributed by atoms with Crippen molar-refractivity contribution in [2.45, 2.75) is 43.4 Å². The van der Waals surface area contributed by atoms with Gasteiger partial charge < -0.3 is 4.74 Å². The van der Waals surface area contributed by atoms with Crippen LogP contribution in [0.15, 0.2) is 24.3 Å². The van der Waals surface area contributed by atoms with E-state index in [4.69, 9.17) is 4.74 Å². The maximum absolute atomic E-state index is 5.41. The predicted molar refractivity (Wildman–Crippen MR) is 76.0 cm³/mol. The summed E-state index contributed by atoms with van der Waals surface area (Å²) in [5, 5.41) is 0. The largest absolute Gasteiger partial charge is 0.496 e. The molecule has 2 rings (SSSR count). The van der Waals surface area contributed by atoms with Gasteiger partial charge in [-0.25, -0.2) is 0 Å². The van der Waals surface area contributed by atoms with Gasteiger partial charge in [-0.15, -0.1) is 0 Å². The van der Waals surface area contributed by atoms with Gasteiger partial charge in [-0.3, -0.25) is 0 Å². The van der Waals surface area contributed by atoms with Gasteiger partial charge in [-0.2, -0.15) is 0 Å². The van der Waals surface area contributed by atoms with Crippen molar-refractivity contribution in [3.8, 4) is 5.75 Å². The molecule has 0 aromatic heterocycles. The topological polar surface area (TPSA) is 9.23 Å². The van der Waals surface area contributed by atoms with Crippen LogP contribution < -0.4 is 4.74 Å². The van der Waals surface area contributed by atoms with Crippen molar-refractivity contribution in [2.24, 2.45) is 5.92 Å². The molecule has 94 valence electrons. The standard InChI is InChI=1S/C15H21BrO/c1-17-15-10-6-5-9-13(15)11-14(16)12-7-3-2-4-8-12/h5-6,9-10,12,14H,2-4,7-8,11H2,1H3. The smallest absolute Gasteiger partial charge is 0.122 e. The maximum atomic E-state index is 5.41. The van der Waals surface area contributed by atoms with Gasteiger partial charge >= 0.3 is 0 Å². The number of methoxy groups -OCH3 is 1. The molecular formula is C15H21BrO. The molecule has 0 bridgehead atoms. The normalized spacial score (nSPS) is 18.9. The molecule has 1 aliphatic rings. The van der Waals surface area contributed by atoms with Crippen molar-refractivity contribution in [3.05, 3.63) is 29.8 Å². The van der Waals surface area contributed by atoms with Gasteiger partial charge in [0.15, 0.2) is 0 Å². The Hall–Kier alpha value is -0.500. The van der Waals surface area contributed by atoms with Crippen molar-refractivity contribution in [3.63, 3.8) is 0 Å². The number of hydrogen-bond donors (Lipinski definition) is 0. The zero-order chi connectivity index (χ0) is 12.1. The summed E-state index contributed by atoms with van der Waals surface area (Å²) in [7, 11) is 1.75. The number of halogens is 1. The quantitative estimate of drug-likeness (QED) is 0.739. The van der Waals surface area contributed by atoms with Crippen LogP contribution in [-0.2, 0) is 6.42 Å². The number of para-hydroxylation sites is 1. The van der Waals surface area contributed by atoms with Gasteiger partial charge in [-0.1, -0.05) is 53.4 Å². The van der Waals surface area contributed by atoms with Crippen LogP contribution >= 0.6 is 15.9 Å². The molecule has 0 amide bonds. The minimum absolute atomic E-state index is 0.596. The van der Waals surface area contributed by atoms with Gasteiger partial charge in [0, 0.05) is 4.83 Å². The summed E-state index contributed by atoms with van der Waals surface area (Å²) in [5.74, 6) is 1.86. The second-order valence-electron chi connectivity index (χ2n) is 4.93. The van der Waals surface area contributed by atoms with Crippen molar-refractivity contribution in [1.82, 2.24) is 0 Å². The third-order valence-electron chi connectivity index (χ3n) is 3.77. The summed E-state index contributed by atoms with van der Waals surface area (Å²) in [6.45, 7) is 0. The zero-order valence-corrected chi connectivity index (χ0v) is 12.1. The fraction of sp³-hybridized carbons (Fsp3) is 0.600. The molecule has 0 heterocycles. The van der Waals surface area contributed by atoms with Gasteiger partial charge in [0.05, 0.1) is 7.11 Å².